The van der Waals surface area contributed by atoms with Crippen LogP contribution < -0.4 is 15.0 Å². The van der Waals surface area contributed by atoms with Crippen LogP contribution in [0.2, 0.25) is 0 Å². The minimum atomic E-state index is -0.121. The van der Waals surface area contributed by atoms with Crippen LogP contribution in [0.25, 0.3) is 5.69 Å². The zero-order valence-corrected chi connectivity index (χ0v) is 22.1. The number of pyridine rings is 1. The Morgan fingerprint density at radius 3 is 2.11 bits per heavy atom. The second-order valence-electron chi connectivity index (χ2n) is 9.48. The summed E-state index contributed by atoms with van der Waals surface area (Å²) in [4.78, 5) is 6.89. The second-order valence-corrected chi connectivity index (χ2v) is 9.86. The Balaban J connectivity index is 1.41. The molecule has 6 heteroatoms. The highest BCUT2D eigenvalue weighted by Gasteiger charge is 2.42. The van der Waals surface area contributed by atoms with Gasteiger partial charge in [-0.15, -0.1) is 0 Å². The maximum atomic E-state index is 6.08. The van der Waals surface area contributed by atoms with Gasteiger partial charge in [0.2, 0.25) is 0 Å². The fourth-order valence-corrected chi connectivity index (χ4v) is 5.42. The first kappa shape index (κ1) is 23.9. The molecule has 2 atom stereocenters. The Hall–Kier alpha value is -4.42. The lowest BCUT2D eigenvalue weighted by molar-refractivity contribution is 0.482. The minimum absolute atomic E-state index is 0.116. The molecule has 38 heavy (non-hydrogen) atoms. The molecular weight excluding hydrogens is 488 g/mol. The number of aryl methyl sites for hydroxylation is 2. The molecule has 2 aromatic heterocycles. The van der Waals surface area contributed by atoms with Gasteiger partial charge in [-0.2, -0.15) is 0 Å². The van der Waals surface area contributed by atoms with E-state index in [4.69, 9.17) is 21.9 Å². The molecule has 3 aromatic carbocycles. The summed E-state index contributed by atoms with van der Waals surface area (Å²) >= 11 is 5.94. The van der Waals surface area contributed by atoms with Gasteiger partial charge < -0.3 is 19.5 Å². The molecular formula is C32H28N4OS. The molecule has 5 nitrogen and oxygen atoms in total. The summed E-state index contributed by atoms with van der Waals surface area (Å²) in [5.74, 6) is 1.59. The second kappa shape index (κ2) is 10.1. The van der Waals surface area contributed by atoms with E-state index in [2.05, 4.69) is 83.2 Å². The van der Waals surface area contributed by atoms with Gasteiger partial charge in [-0.3, -0.25) is 4.98 Å². The smallest absolute Gasteiger partial charge is 0.174 e. The number of hydrogen-bond acceptors (Lipinski definition) is 3. The molecule has 1 aliphatic heterocycles. The van der Waals surface area contributed by atoms with Crippen molar-refractivity contribution in [2.45, 2.75) is 25.9 Å². The van der Waals surface area contributed by atoms with Gasteiger partial charge in [0, 0.05) is 29.0 Å². The van der Waals surface area contributed by atoms with E-state index in [1.165, 1.54) is 5.56 Å². The van der Waals surface area contributed by atoms with Crippen LogP contribution in [0.3, 0.4) is 0 Å². The number of hydrogen-bond donors (Lipinski definition) is 1. The van der Waals surface area contributed by atoms with Crippen molar-refractivity contribution in [3.63, 3.8) is 0 Å². The topological polar surface area (TPSA) is 42.3 Å². The molecule has 0 unspecified atom stereocenters. The predicted octanol–water partition coefficient (Wildman–Crippen LogP) is 7.46. The van der Waals surface area contributed by atoms with Crippen molar-refractivity contribution >= 4 is 23.0 Å². The molecule has 0 amide bonds. The van der Waals surface area contributed by atoms with Gasteiger partial charge in [0.05, 0.1) is 11.7 Å². The van der Waals surface area contributed by atoms with Crippen molar-refractivity contribution in [2.75, 3.05) is 4.90 Å². The Morgan fingerprint density at radius 2 is 1.42 bits per heavy atom. The fraction of sp³-hybridized carbons (Fsp3) is 0.125. The highest BCUT2D eigenvalue weighted by molar-refractivity contribution is 7.80. The van der Waals surface area contributed by atoms with Gasteiger partial charge in [0.1, 0.15) is 17.5 Å². The normalized spacial score (nSPS) is 16.9. The third-order valence-corrected chi connectivity index (χ3v) is 7.21. The average Bonchev–Trinajstić information content (AvgIpc) is 3.50. The molecule has 0 aliphatic carbocycles. The monoisotopic (exact) mass is 516 g/mol. The fourth-order valence-electron chi connectivity index (χ4n) is 5.07. The molecule has 188 valence electrons. The molecule has 0 spiro atoms. The summed E-state index contributed by atoms with van der Waals surface area (Å²) in [6.07, 6.45) is 1.83. The van der Waals surface area contributed by atoms with E-state index in [1.54, 1.807) is 0 Å². The van der Waals surface area contributed by atoms with E-state index in [1.807, 2.05) is 60.8 Å². The van der Waals surface area contributed by atoms with E-state index in [-0.39, 0.29) is 12.1 Å². The van der Waals surface area contributed by atoms with Crippen LogP contribution in [0.15, 0.2) is 115 Å². The van der Waals surface area contributed by atoms with Crippen LogP contribution in [0, 0.1) is 13.8 Å². The van der Waals surface area contributed by atoms with Crippen LogP contribution in [0.4, 0.5) is 5.69 Å². The molecule has 1 aliphatic rings. The van der Waals surface area contributed by atoms with E-state index in [0.717, 1.165) is 40.0 Å². The van der Waals surface area contributed by atoms with Crippen molar-refractivity contribution in [1.29, 1.82) is 0 Å². The Morgan fingerprint density at radius 1 is 0.737 bits per heavy atom. The van der Waals surface area contributed by atoms with Crippen LogP contribution in [-0.4, -0.2) is 14.7 Å². The van der Waals surface area contributed by atoms with Crippen molar-refractivity contribution in [3.05, 3.63) is 138 Å². The first-order chi connectivity index (χ1) is 18.6. The van der Waals surface area contributed by atoms with Gasteiger partial charge in [0.15, 0.2) is 5.11 Å². The zero-order valence-electron chi connectivity index (χ0n) is 21.3. The van der Waals surface area contributed by atoms with Gasteiger partial charge >= 0.3 is 0 Å². The third-order valence-electron chi connectivity index (χ3n) is 6.89. The Bertz CT molecular complexity index is 1550. The quantitative estimate of drug-likeness (QED) is 0.237. The maximum absolute atomic E-state index is 6.08. The lowest BCUT2D eigenvalue weighted by Crippen LogP contribution is -2.30. The van der Waals surface area contributed by atoms with E-state index in [0.29, 0.717) is 5.11 Å². The van der Waals surface area contributed by atoms with E-state index in [9.17, 15) is 0 Å². The van der Waals surface area contributed by atoms with Crippen LogP contribution in [-0.2, 0) is 0 Å². The third kappa shape index (κ3) is 4.55. The van der Waals surface area contributed by atoms with Crippen molar-refractivity contribution in [1.82, 2.24) is 14.9 Å². The summed E-state index contributed by atoms with van der Waals surface area (Å²) in [5, 5.41) is 4.23. The van der Waals surface area contributed by atoms with Crippen LogP contribution in [0.5, 0.6) is 11.5 Å². The largest absolute Gasteiger partial charge is 0.457 e. The molecule has 0 radical (unpaired) electrons. The molecule has 1 fully saturated rings. The highest BCUT2D eigenvalue weighted by atomic mass is 32.1. The molecule has 3 heterocycles. The number of para-hydroxylation sites is 1. The van der Waals surface area contributed by atoms with E-state index < -0.39 is 0 Å². The number of aromatic nitrogens is 2. The number of thiocarbonyl (C=S) groups is 1. The number of nitrogens with zero attached hydrogens (tertiary/aromatic N) is 3. The number of anilines is 1. The summed E-state index contributed by atoms with van der Waals surface area (Å²) in [6.45, 7) is 4.20. The maximum Gasteiger partial charge on any atom is 0.174 e. The molecule has 0 saturated carbocycles. The van der Waals surface area contributed by atoms with Crippen LogP contribution >= 0.6 is 12.2 Å². The summed E-state index contributed by atoms with van der Waals surface area (Å²) in [5.41, 5.74) is 6.54. The SMILES string of the molecule is Cc1ccc(Oc2ccc(N3C(=S)N[C@H](c4ccccn4)[C@@H]3c3ccc(C)n3-c3ccccc3)cc2)cc1. The average molecular weight is 517 g/mol. The number of nitrogens with one attached hydrogen (secondary N) is 1. The van der Waals surface area contributed by atoms with Crippen LogP contribution in [0.1, 0.15) is 34.7 Å². The lowest BCUT2D eigenvalue weighted by atomic mass is 10.0. The first-order valence-corrected chi connectivity index (χ1v) is 13.1. The molecule has 0 bridgehead atoms. The van der Waals surface area contributed by atoms with Gasteiger partial charge in [-0.05, 0) is 98.9 Å². The molecule has 5 aromatic rings. The Kier molecular flexibility index (Phi) is 6.40. The first-order valence-electron chi connectivity index (χ1n) is 12.7. The summed E-state index contributed by atoms with van der Waals surface area (Å²) < 4.78 is 8.38. The standard InChI is InChI=1S/C32H28N4OS/c1-22-11-16-26(17-12-22)37-27-18-14-25(15-19-27)36-31(30(34-32(36)38)28-10-6-7-21-33-28)29-20-13-23(2)35(29)24-8-4-3-5-9-24/h3-21,30-31H,1-2H3,(H,34,38)/t30-,31+/m1/s1. The predicted molar refractivity (Wildman–Crippen MR) is 156 cm³/mol. The minimum Gasteiger partial charge on any atom is -0.457 e. The van der Waals surface area contributed by atoms with Gasteiger partial charge in [0.25, 0.3) is 0 Å². The molecule has 1 saturated heterocycles. The Labute approximate surface area is 228 Å². The lowest BCUT2D eigenvalue weighted by Gasteiger charge is -2.29. The number of benzene rings is 3. The number of rotatable bonds is 6. The molecule has 6 rings (SSSR count). The van der Waals surface area contributed by atoms with Gasteiger partial charge in [-0.1, -0.05) is 42.0 Å². The summed E-state index contributed by atoms with van der Waals surface area (Å²) in [6, 6.07) is 36.7. The zero-order chi connectivity index (χ0) is 26.1. The van der Waals surface area contributed by atoms with Crippen molar-refractivity contribution < 1.29 is 4.74 Å². The number of ether oxygens (including phenoxy) is 1. The summed E-state index contributed by atoms with van der Waals surface area (Å²) in [7, 11) is 0. The van der Waals surface area contributed by atoms with E-state index >= 15 is 0 Å². The van der Waals surface area contributed by atoms with Crippen molar-refractivity contribution in [3.8, 4) is 17.2 Å². The van der Waals surface area contributed by atoms with Crippen molar-refractivity contribution in [2.24, 2.45) is 0 Å². The highest BCUT2D eigenvalue weighted by Crippen LogP contribution is 2.43. The van der Waals surface area contributed by atoms with Gasteiger partial charge in [-0.25, -0.2) is 0 Å². The molecule has 1 N–H and O–H groups in total.